The lowest BCUT2D eigenvalue weighted by Gasteiger charge is -2.11. The number of thiophene rings is 1. The van der Waals surface area contributed by atoms with Gasteiger partial charge in [-0.2, -0.15) is 0 Å². The number of furan rings is 1. The van der Waals surface area contributed by atoms with E-state index < -0.39 is 0 Å². The molecule has 0 aliphatic heterocycles. The first kappa shape index (κ1) is 36.1. The zero-order valence-corrected chi connectivity index (χ0v) is 35.6. The quantitative estimate of drug-likeness (QED) is 0.173. The maximum Gasteiger partial charge on any atom is 0.164 e. The summed E-state index contributed by atoms with van der Waals surface area (Å²) in [5, 5.41) is 11.9. The molecule has 14 aromatic rings. The SMILES string of the molecule is c1ccc(-c2cccc(-c3nc(-c4ccc5c(c4)oc4ccc6ccc(-n7c8ccccc8c8cc9ccccc9cc87)cc6c45)nc(-c4ccc5c(c4)sc4ccccc45)n3)c2)cc1. The van der Waals surface area contributed by atoms with E-state index >= 15 is 0 Å². The van der Waals surface area contributed by atoms with E-state index in [1.807, 2.05) is 6.07 Å². The second-order valence-electron chi connectivity index (χ2n) is 16.8. The van der Waals surface area contributed by atoms with Crippen molar-refractivity contribution in [2.75, 3.05) is 0 Å². The summed E-state index contributed by atoms with van der Waals surface area (Å²) >= 11 is 1.79. The first-order valence-corrected chi connectivity index (χ1v) is 22.6. The van der Waals surface area contributed by atoms with Crippen LogP contribution in [0.15, 0.2) is 211 Å². The second-order valence-corrected chi connectivity index (χ2v) is 17.9. The molecule has 0 bridgehead atoms. The van der Waals surface area contributed by atoms with Crippen LogP contribution < -0.4 is 0 Å². The molecular weight excluding hydrogens is 813 g/mol. The molecule has 0 atom stereocenters. The van der Waals surface area contributed by atoms with Crippen molar-refractivity contribution in [2.24, 2.45) is 0 Å². The summed E-state index contributed by atoms with van der Waals surface area (Å²) in [7, 11) is 0. The third-order valence-electron chi connectivity index (χ3n) is 13.0. The largest absolute Gasteiger partial charge is 0.456 e. The Morgan fingerprint density at radius 1 is 0.338 bits per heavy atom. The standard InChI is InChI=1S/C59H34N4OS/c1-2-11-35(12-3-1)37-15-10-16-40(29-37)57-60-58(62-59(61-57)42-22-26-46-45-18-7-9-20-54(45)65-55(46)33-42)41-23-27-47-53(32-41)64-52-28-24-36-21-25-43(34-48(36)56(47)52)63-50-19-8-6-17-44(50)49-30-38-13-4-5-14-39(38)31-51(49)63/h1-34H. The zero-order chi connectivity index (χ0) is 42.6. The van der Waals surface area contributed by atoms with Gasteiger partial charge in [0.05, 0.1) is 11.0 Å². The minimum atomic E-state index is 0.583. The normalized spacial score (nSPS) is 12.0. The summed E-state index contributed by atoms with van der Waals surface area (Å²) in [6.45, 7) is 0. The van der Waals surface area contributed by atoms with Crippen molar-refractivity contribution in [2.45, 2.75) is 0 Å². The van der Waals surface area contributed by atoms with Gasteiger partial charge in [0.15, 0.2) is 17.5 Å². The lowest BCUT2D eigenvalue weighted by atomic mass is 10.0. The van der Waals surface area contributed by atoms with Crippen molar-refractivity contribution in [3.63, 3.8) is 0 Å². The van der Waals surface area contributed by atoms with Gasteiger partial charge in [0, 0.05) is 64.1 Å². The van der Waals surface area contributed by atoms with Gasteiger partial charge in [0.1, 0.15) is 11.2 Å². The van der Waals surface area contributed by atoms with Crippen LogP contribution in [0.1, 0.15) is 0 Å². The number of para-hydroxylation sites is 1. The predicted molar refractivity (Wildman–Crippen MR) is 271 cm³/mol. The summed E-state index contributed by atoms with van der Waals surface area (Å²) in [4.78, 5) is 15.5. The van der Waals surface area contributed by atoms with E-state index in [9.17, 15) is 0 Å². The van der Waals surface area contributed by atoms with E-state index in [1.54, 1.807) is 11.3 Å². The van der Waals surface area contributed by atoms with E-state index in [-0.39, 0.29) is 0 Å². The van der Waals surface area contributed by atoms with Crippen molar-refractivity contribution in [3.05, 3.63) is 206 Å². The van der Waals surface area contributed by atoms with E-state index in [1.165, 1.54) is 52.8 Å². The number of hydrogen-bond donors (Lipinski definition) is 0. The third-order valence-corrected chi connectivity index (χ3v) is 14.1. The molecule has 0 saturated carbocycles. The summed E-state index contributed by atoms with van der Waals surface area (Å²) in [6.07, 6.45) is 0. The topological polar surface area (TPSA) is 56.7 Å². The Kier molecular flexibility index (Phi) is 7.79. The Morgan fingerprint density at radius 3 is 1.83 bits per heavy atom. The third kappa shape index (κ3) is 5.74. The van der Waals surface area contributed by atoms with Gasteiger partial charge in [-0.1, -0.05) is 140 Å². The number of nitrogens with zero attached hydrogens (tertiary/aromatic N) is 4. The number of aromatic nitrogens is 4. The van der Waals surface area contributed by atoms with Crippen molar-refractivity contribution in [1.82, 2.24) is 19.5 Å². The molecule has 0 radical (unpaired) electrons. The first-order valence-electron chi connectivity index (χ1n) is 21.8. The molecule has 10 aromatic carbocycles. The van der Waals surface area contributed by atoms with E-state index in [0.717, 1.165) is 66.2 Å². The van der Waals surface area contributed by atoms with Gasteiger partial charge in [0.2, 0.25) is 0 Å². The molecule has 0 saturated heterocycles. The van der Waals surface area contributed by atoms with Crippen molar-refractivity contribution >= 4 is 96.8 Å². The summed E-state index contributed by atoms with van der Waals surface area (Å²) in [6, 6.07) is 73.4. The molecule has 0 amide bonds. The molecule has 0 aliphatic rings. The predicted octanol–water partition coefficient (Wildman–Crippen LogP) is 16.2. The molecule has 0 aliphatic carbocycles. The Bertz CT molecular complexity index is 4260. The number of fused-ring (bicyclic) bond motifs is 12. The van der Waals surface area contributed by atoms with Crippen LogP contribution in [0.25, 0.3) is 136 Å². The van der Waals surface area contributed by atoms with Crippen molar-refractivity contribution in [3.8, 4) is 51.0 Å². The molecule has 0 fully saturated rings. The van der Waals surface area contributed by atoms with E-state index in [4.69, 9.17) is 19.4 Å². The average Bonchev–Trinajstić information content (AvgIpc) is 4.04. The summed E-state index contributed by atoms with van der Waals surface area (Å²) < 4.78 is 11.6. The van der Waals surface area contributed by atoms with Crippen LogP contribution >= 0.6 is 11.3 Å². The molecule has 14 rings (SSSR count). The lowest BCUT2D eigenvalue weighted by Crippen LogP contribution is -2.00. The maximum atomic E-state index is 6.74. The smallest absolute Gasteiger partial charge is 0.164 e. The highest BCUT2D eigenvalue weighted by Gasteiger charge is 2.19. The van der Waals surface area contributed by atoms with Gasteiger partial charge in [-0.15, -0.1) is 11.3 Å². The summed E-state index contributed by atoms with van der Waals surface area (Å²) in [5.74, 6) is 1.82. The average molecular weight is 847 g/mol. The molecule has 5 nitrogen and oxygen atoms in total. The maximum absolute atomic E-state index is 6.74. The van der Waals surface area contributed by atoms with Gasteiger partial charge in [-0.05, 0) is 99.4 Å². The Hall–Kier alpha value is -8.45. The number of rotatable bonds is 5. The van der Waals surface area contributed by atoms with Gasteiger partial charge in [-0.3, -0.25) is 0 Å². The van der Waals surface area contributed by atoms with Crippen LogP contribution in [0.3, 0.4) is 0 Å². The van der Waals surface area contributed by atoms with Gasteiger partial charge >= 0.3 is 0 Å². The molecule has 4 aromatic heterocycles. The summed E-state index contributed by atoms with van der Waals surface area (Å²) in [5.41, 5.74) is 10.0. The van der Waals surface area contributed by atoms with Crippen LogP contribution in [0, 0.1) is 0 Å². The number of hydrogen-bond acceptors (Lipinski definition) is 5. The highest BCUT2D eigenvalue weighted by atomic mass is 32.1. The fourth-order valence-corrected chi connectivity index (χ4v) is 11.0. The Balaban J connectivity index is 0.933. The van der Waals surface area contributed by atoms with Gasteiger partial charge in [-0.25, -0.2) is 15.0 Å². The van der Waals surface area contributed by atoms with Crippen molar-refractivity contribution < 1.29 is 4.42 Å². The molecule has 0 N–H and O–H groups in total. The molecule has 0 unspecified atom stereocenters. The van der Waals surface area contributed by atoms with Crippen LogP contribution in [0.5, 0.6) is 0 Å². The van der Waals surface area contributed by atoms with Gasteiger partial charge < -0.3 is 8.98 Å². The first-order chi connectivity index (χ1) is 32.2. The molecule has 302 valence electrons. The minimum absolute atomic E-state index is 0.583. The highest BCUT2D eigenvalue weighted by molar-refractivity contribution is 7.25. The van der Waals surface area contributed by atoms with Crippen LogP contribution in [0.2, 0.25) is 0 Å². The minimum Gasteiger partial charge on any atom is -0.456 e. The lowest BCUT2D eigenvalue weighted by molar-refractivity contribution is 0.669. The Labute approximate surface area is 376 Å². The molecular formula is C59H34N4OS. The molecule has 6 heteroatoms. The second kappa shape index (κ2) is 14.0. The number of benzene rings is 10. The fourth-order valence-electron chi connectivity index (χ4n) is 9.89. The van der Waals surface area contributed by atoms with E-state index in [2.05, 4.69) is 205 Å². The van der Waals surface area contributed by atoms with Crippen molar-refractivity contribution in [1.29, 1.82) is 0 Å². The zero-order valence-electron chi connectivity index (χ0n) is 34.7. The molecule has 0 spiro atoms. The Morgan fingerprint density at radius 2 is 0.985 bits per heavy atom. The van der Waals surface area contributed by atoms with Gasteiger partial charge in [0.25, 0.3) is 0 Å². The van der Waals surface area contributed by atoms with Crippen LogP contribution in [-0.2, 0) is 0 Å². The van der Waals surface area contributed by atoms with Crippen LogP contribution in [-0.4, -0.2) is 19.5 Å². The highest BCUT2D eigenvalue weighted by Crippen LogP contribution is 2.41. The molecule has 4 heterocycles. The fraction of sp³-hybridized carbons (Fsp3) is 0. The molecule has 65 heavy (non-hydrogen) atoms. The van der Waals surface area contributed by atoms with E-state index in [0.29, 0.717) is 17.5 Å². The van der Waals surface area contributed by atoms with Crippen LogP contribution in [0.4, 0.5) is 0 Å². The monoisotopic (exact) mass is 846 g/mol.